The average molecular weight is 337 g/mol. The van der Waals surface area contributed by atoms with Gasteiger partial charge in [-0.05, 0) is 6.42 Å². The molecule has 0 radical (unpaired) electrons. The van der Waals surface area contributed by atoms with Gasteiger partial charge in [-0.15, -0.1) is 11.3 Å². The number of likely N-dealkylation sites (tertiary alicyclic amines) is 1. The van der Waals surface area contributed by atoms with Gasteiger partial charge in [0.25, 0.3) is 0 Å². The molecule has 4 rings (SSSR count). The summed E-state index contributed by atoms with van der Waals surface area (Å²) in [5.74, 6) is 0.787. The van der Waals surface area contributed by atoms with Crippen LogP contribution in [0.3, 0.4) is 0 Å². The van der Waals surface area contributed by atoms with Gasteiger partial charge in [-0.25, -0.2) is 4.98 Å². The second kappa shape index (κ2) is 6.84. The Labute approximate surface area is 140 Å². The summed E-state index contributed by atoms with van der Waals surface area (Å²) in [5, 5.41) is 3.19. The van der Waals surface area contributed by atoms with Crippen LogP contribution in [-0.2, 0) is 20.8 Å². The number of morpholine rings is 1. The highest BCUT2D eigenvalue weighted by molar-refractivity contribution is 7.09. The summed E-state index contributed by atoms with van der Waals surface area (Å²) in [7, 11) is 0. The number of thiazole rings is 1. The SMILES string of the molecule is O=C(C[C@@H]1C[C@@H]2CN(Cc3nccs3)C[C@@H]2O1)N1CCOCC1. The summed E-state index contributed by atoms with van der Waals surface area (Å²) < 4.78 is 11.5. The lowest BCUT2D eigenvalue weighted by atomic mass is 10.0. The van der Waals surface area contributed by atoms with Crippen LogP contribution in [0, 0.1) is 5.92 Å². The van der Waals surface area contributed by atoms with Gasteiger partial charge in [-0.3, -0.25) is 9.69 Å². The minimum atomic E-state index is 0.0994. The van der Waals surface area contributed by atoms with Crippen molar-refractivity contribution in [2.24, 2.45) is 5.92 Å². The Balaban J connectivity index is 1.24. The second-order valence-corrected chi connectivity index (χ2v) is 7.59. The maximum atomic E-state index is 12.3. The molecule has 23 heavy (non-hydrogen) atoms. The molecule has 3 saturated heterocycles. The summed E-state index contributed by atoms with van der Waals surface area (Å²) in [6, 6.07) is 0. The van der Waals surface area contributed by atoms with E-state index in [9.17, 15) is 4.79 Å². The van der Waals surface area contributed by atoms with Gasteiger partial charge in [-0.2, -0.15) is 0 Å². The third-order valence-corrected chi connectivity index (χ3v) is 5.76. The number of carbonyl (C=O) groups excluding carboxylic acids is 1. The zero-order valence-corrected chi connectivity index (χ0v) is 14.0. The molecule has 0 aliphatic carbocycles. The zero-order valence-electron chi connectivity index (χ0n) is 13.2. The standard InChI is InChI=1S/C16H23N3O3S/c20-16(19-2-4-21-5-3-19)8-13-7-12-9-18(10-14(12)22-13)11-15-17-1-6-23-15/h1,6,12-14H,2-5,7-11H2/t12-,13+,14+/m1/s1. The van der Waals surface area contributed by atoms with Crippen LogP contribution >= 0.6 is 11.3 Å². The van der Waals surface area contributed by atoms with Gasteiger partial charge in [0.05, 0.1) is 38.4 Å². The molecule has 3 atom stereocenters. The maximum Gasteiger partial charge on any atom is 0.225 e. The summed E-state index contributed by atoms with van der Waals surface area (Å²) in [5.41, 5.74) is 0. The molecule has 1 aromatic rings. The summed E-state index contributed by atoms with van der Waals surface area (Å²) >= 11 is 1.71. The fourth-order valence-electron chi connectivity index (χ4n) is 3.87. The molecule has 3 aliphatic rings. The topological polar surface area (TPSA) is 54.9 Å². The number of nitrogens with zero attached hydrogens (tertiary/aromatic N) is 3. The first-order chi connectivity index (χ1) is 11.3. The Morgan fingerprint density at radius 3 is 2.96 bits per heavy atom. The molecule has 0 bridgehead atoms. The normalized spacial score (nSPS) is 31.5. The maximum absolute atomic E-state index is 12.3. The molecule has 0 spiro atoms. The van der Waals surface area contributed by atoms with Gasteiger partial charge < -0.3 is 14.4 Å². The van der Waals surface area contributed by atoms with E-state index in [1.807, 2.05) is 16.5 Å². The Kier molecular flexibility index (Phi) is 4.61. The number of amides is 1. The molecule has 0 N–H and O–H groups in total. The lowest BCUT2D eigenvalue weighted by Gasteiger charge is -2.28. The second-order valence-electron chi connectivity index (χ2n) is 6.61. The third kappa shape index (κ3) is 3.57. The Bertz CT molecular complexity index is 519. The highest BCUT2D eigenvalue weighted by Gasteiger charge is 2.42. The molecule has 1 amide bonds. The van der Waals surface area contributed by atoms with Crippen LogP contribution < -0.4 is 0 Å². The van der Waals surface area contributed by atoms with E-state index in [1.54, 1.807) is 11.3 Å². The van der Waals surface area contributed by atoms with E-state index in [4.69, 9.17) is 9.47 Å². The van der Waals surface area contributed by atoms with Crippen LogP contribution in [0.4, 0.5) is 0 Å². The number of carbonyl (C=O) groups is 1. The molecule has 126 valence electrons. The average Bonchev–Trinajstić information content (AvgIpc) is 3.25. The van der Waals surface area contributed by atoms with Crippen molar-refractivity contribution in [3.63, 3.8) is 0 Å². The van der Waals surface area contributed by atoms with E-state index >= 15 is 0 Å². The molecule has 0 unspecified atom stereocenters. The monoisotopic (exact) mass is 337 g/mol. The van der Waals surface area contributed by atoms with Gasteiger partial charge in [0.2, 0.25) is 5.91 Å². The first-order valence-electron chi connectivity index (χ1n) is 8.39. The number of rotatable bonds is 4. The van der Waals surface area contributed by atoms with Crippen molar-refractivity contribution in [2.45, 2.75) is 31.6 Å². The fourth-order valence-corrected chi connectivity index (χ4v) is 4.53. The van der Waals surface area contributed by atoms with Gasteiger partial charge in [-0.1, -0.05) is 0 Å². The molecule has 0 aromatic carbocycles. The minimum absolute atomic E-state index is 0.0994. The van der Waals surface area contributed by atoms with Crippen molar-refractivity contribution < 1.29 is 14.3 Å². The van der Waals surface area contributed by atoms with Gasteiger partial charge in [0.1, 0.15) is 5.01 Å². The lowest BCUT2D eigenvalue weighted by Crippen LogP contribution is -2.42. The van der Waals surface area contributed by atoms with Crippen LogP contribution in [0.1, 0.15) is 17.8 Å². The van der Waals surface area contributed by atoms with Crippen LogP contribution in [0.15, 0.2) is 11.6 Å². The van der Waals surface area contributed by atoms with Crippen LogP contribution in [0.2, 0.25) is 0 Å². The van der Waals surface area contributed by atoms with Crippen molar-refractivity contribution in [3.8, 4) is 0 Å². The number of ether oxygens (including phenoxy) is 2. The van der Waals surface area contributed by atoms with Crippen LogP contribution in [0.25, 0.3) is 0 Å². The number of aromatic nitrogens is 1. The molecule has 0 saturated carbocycles. The minimum Gasteiger partial charge on any atom is -0.378 e. The third-order valence-electron chi connectivity index (χ3n) is 5.00. The fraction of sp³-hybridized carbons (Fsp3) is 0.750. The number of hydrogen-bond donors (Lipinski definition) is 0. The van der Waals surface area contributed by atoms with Gasteiger partial charge in [0, 0.05) is 43.7 Å². The highest BCUT2D eigenvalue weighted by atomic mass is 32.1. The number of hydrogen-bond acceptors (Lipinski definition) is 6. The van der Waals surface area contributed by atoms with Crippen molar-refractivity contribution in [1.29, 1.82) is 0 Å². The van der Waals surface area contributed by atoms with Gasteiger partial charge in [0.15, 0.2) is 0 Å². The van der Waals surface area contributed by atoms with E-state index in [-0.39, 0.29) is 18.1 Å². The van der Waals surface area contributed by atoms with E-state index in [0.717, 1.165) is 39.1 Å². The van der Waals surface area contributed by atoms with Crippen LogP contribution in [0.5, 0.6) is 0 Å². The Morgan fingerprint density at radius 2 is 2.22 bits per heavy atom. The Hall–Kier alpha value is -1.02. The zero-order chi connectivity index (χ0) is 15.6. The first-order valence-corrected chi connectivity index (χ1v) is 9.27. The van der Waals surface area contributed by atoms with Crippen molar-refractivity contribution >= 4 is 17.2 Å². The quantitative estimate of drug-likeness (QED) is 0.820. The van der Waals surface area contributed by atoms with Gasteiger partial charge >= 0.3 is 0 Å². The predicted molar refractivity (Wildman–Crippen MR) is 86.2 cm³/mol. The first kappa shape index (κ1) is 15.5. The molecular weight excluding hydrogens is 314 g/mol. The highest BCUT2D eigenvalue weighted by Crippen LogP contribution is 2.35. The number of fused-ring (bicyclic) bond motifs is 1. The summed E-state index contributed by atoms with van der Waals surface area (Å²) in [6.45, 7) is 5.72. The summed E-state index contributed by atoms with van der Waals surface area (Å²) in [6.07, 6.45) is 3.79. The largest absolute Gasteiger partial charge is 0.378 e. The molecule has 1 aromatic heterocycles. The molecule has 4 heterocycles. The van der Waals surface area contributed by atoms with Crippen molar-refractivity contribution in [3.05, 3.63) is 16.6 Å². The van der Waals surface area contributed by atoms with Crippen molar-refractivity contribution in [2.75, 3.05) is 39.4 Å². The Morgan fingerprint density at radius 1 is 1.35 bits per heavy atom. The summed E-state index contributed by atoms with van der Waals surface area (Å²) in [4.78, 5) is 21.0. The lowest BCUT2D eigenvalue weighted by molar-refractivity contribution is -0.138. The molecule has 6 nitrogen and oxygen atoms in total. The molecule has 7 heteroatoms. The van der Waals surface area contributed by atoms with E-state index in [1.165, 1.54) is 5.01 Å². The van der Waals surface area contributed by atoms with E-state index in [0.29, 0.717) is 25.6 Å². The molecular formula is C16H23N3O3S. The van der Waals surface area contributed by atoms with Crippen molar-refractivity contribution in [1.82, 2.24) is 14.8 Å². The predicted octanol–water partition coefficient (Wildman–Crippen LogP) is 0.981. The van der Waals surface area contributed by atoms with E-state index < -0.39 is 0 Å². The smallest absolute Gasteiger partial charge is 0.225 e. The molecule has 3 aliphatic heterocycles. The van der Waals surface area contributed by atoms with E-state index in [2.05, 4.69) is 9.88 Å². The molecule has 3 fully saturated rings. The van der Waals surface area contributed by atoms with Crippen LogP contribution in [-0.4, -0.2) is 72.3 Å².